The SMILES string of the molecule is CC(C)(C)OC1CC(N2CC(F)(F)C2)C1. The van der Waals surface area contributed by atoms with Gasteiger partial charge in [0, 0.05) is 6.04 Å². The summed E-state index contributed by atoms with van der Waals surface area (Å²) in [6.45, 7) is 5.97. The molecule has 2 aliphatic rings. The lowest BCUT2D eigenvalue weighted by molar-refractivity contribution is -0.186. The Hall–Kier alpha value is -0.220. The van der Waals surface area contributed by atoms with Crippen molar-refractivity contribution in [2.45, 2.75) is 57.3 Å². The summed E-state index contributed by atoms with van der Waals surface area (Å²) in [5, 5.41) is 0. The number of likely N-dealkylation sites (tertiary alicyclic amines) is 1. The van der Waals surface area contributed by atoms with Gasteiger partial charge < -0.3 is 4.74 Å². The molecule has 0 aromatic rings. The van der Waals surface area contributed by atoms with Crippen molar-refractivity contribution >= 4 is 0 Å². The van der Waals surface area contributed by atoms with E-state index in [1.54, 1.807) is 0 Å². The maximum atomic E-state index is 12.6. The maximum Gasteiger partial charge on any atom is 0.272 e. The second-order valence-electron chi connectivity index (χ2n) is 5.74. The number of halogens is 2. The van der Waals surface area contributed by atoms with Crippen LogP contribution in [-0.4, -0.2) is 41.7 Å². The standard InChI is InChI=1S/C11H19F2NO/c1-10(2,3)15-9-4-8(5-9)14-6-11(12,13)7-14/h8-9H,4-7H2,1-3H3. The molecule has 2 rings (SSSR count). The molecule has 0 amide bonds. The lowest BCUT2D eigenvalue weighted by Crippen LogP contribution is -2.64. The number of nitrogens with zero attached hydrogens (tertiary/aromatic N) is 1. The average Bonchev–Trinajstić information content (AvgIpc) is 1.88. The van der Waals surface area contributed by atoms with Gasteiger partial charge in [-0.2, -0.15) is 0 Å². The minimum absolute atomic E-state index is 0.0557. The van der Waals surface area contributed by atoms with Crippen molar-refractivity contribution in [1.29, 1.82) is 0 Å². The summed E-state index contributed by atoms with van der Waals surface area (Å²) >= 11 is 0. The van der Waals surface area contributed by atoms with Gasteiger partial charge in [-0.15, -0.1) is 0 Å². The molecule has 0 unspecified atom stereocenters. The number of alkyl halides is 2. The lowest BCUT2D eigenvalue weighted by Gasteiger charge is -2.50. The predicted octanol–water partition coefficient (Wildman–Crippen LogP) is 2.28. The third kappa shape index (κ3) is 2.67. The summed E-state index contributed by atoms with van der Waals surface area (Å²) in [4.78, 5) is 1.86. The average molecular weight is 219 g/mol. The maximum absolute atomic E-state index is 12.6. The van der Waals surface area contributed by atoms with Gasteiger partial charge in [-0.1, -0.05) is 0 Å². The van der Waals surface area contributed by atoms with Gasteiger partial charge in [0.25, 0.3) is 5.92 Å². The smallest absolute Gasteiger partial charge is 0.272 e. The highest BCUT2D eigenvalue weighted by Crippen LogP contribution is 2.37. The molecule has 2 nitrogen and oxygen atoms in total. The molecule has 0 aromatic heterocycles. The van der Waals surface area contributed by atoms with Gasteiger partial charge in [0.15, 0.2) is 0 Å². The van der Waals surface area contributed by atoms with Crippen molar-refractivity contribution in [3.8, 4) is 0 Å². The highest BCUT2D eigenvalue weighted by Gasteiger charge is 2.50. The highest BCUT2D eigenvalue weighted by atomic mass is 19.3. The summed E-state index contributed by atoms with van der Waals surface area (Å²) in [7, 11) is 0. The van der Waals surface area contributed by atoms with Gasteiger partial charge in [0.05, 0.1) is 24.8 Å². The molecule has 0 bridgehead atoms. The van der Waals surface area contributed by atoms with E-state index in [2.05, 4.69) is 0 Å². The second-order valence-corrected chi connectivity index (χ2v) is 5.74. The molecule has 1 saturated carbocycles. The zero-order valence-electron chi connectivity index (χ0n) is 9.59. The highest BCUT2D eigenvalue weighted by molar-refractivity contribution is 4.98. The van der Waals surface area contributed by atoms with E-state index in [0.29, 0.717) is 6.04 Å². The Bertz CT molecular complexity index is 235. The van der Waals surface area contributed by atoms with Crippen molar-refractivity contribution in [2.24, 2.45) is 0 Å². The summed E-state index contributed by atoms with van der Waals surface area (Å²) in [6.07, 6.45) is 2.09. The van der Waals surface area contributed by atoms with Crippen LogP contribution in [0.2, 0.25) is 0 Å². The van der Waals surface area contributed by atoms with Crippen LogP contribution in [-0.2, 0) is 4.74 Å². The fourth-order valence-corrected chi connectivity index (χ4v) is 2.24. The number of hydrogen-bond donors (Lipinski definition) is 0. The normalized spacial score (nSPS) is 35.8. The van der Waals surface area contributed by atoms with Crippen molar-refractivity contribution < 1.29 is 13.5 Å². The first-order valence-corrected chi connectivity index (χ1v) is 5.55. The van der Waals surface area contributed by atoms with Crippen LogP contribution in [0.15, 0.2) is 0 Å². The quantitative estimate of drug-likeness (QED) is 0.706. The number of hydrogen-bond acceptors (Lipinski definition) is 2. The van der Waals surface area contributed by atoms with Gasteiger partial charge >= 0.3 is 0 Å². The molecule has 1 heterocycles. The van der Waals surface area contributed by atoms with Crippen LogP contribution >= 0.6 is 0 Å². The second kappa shape index (κ2) is 3.39. The molecule has 88 valence electrons. The van der Waals surface area contributed by atoms with E-state index in [4.69, 9.17) is 4.74 Å². The molecule has 1 aliphatic heterocycles. The Balaban J connectivity index is 1.67. The molecule has 0 N–H and O–H groups in total. The molecule has 0 spiro atoms. The zero-order chi connectivity index (χ0) is 11.3. The van der Waals surface area contributed by atoms with Gasteiger partial charge in [-0.25, -0.2) is 8.78 Å². The summed E-state index contributed by atoms with van der Waals surface area (Å²) in [5.74, 6) is -2.43. The Kier molecular flexibility index (Phi) is 2.54. The van der Waals surface area contributed by atoms with E-state index < -0.39 is 5.92 Å². The molecule has 0 atom stereocenters. The summed E-state index contributed by atoms with van der Waals surface area (Å²) in [5.41, 5.74) is -0.117. The molecule has 1 aliphatic carbocycles. The number of rotatable bonds is 2. The molecule has 1 saturated heterocycles. The van der Waals surface area contributed by atoms with Crippen LogP contribution < -0.4 is 0 Å². The fourth-order valence-electron chi connectivity index (χ4n) is 2.24. The van der Waals surface area contributed by atoms with Gasteiger partial charge in [0.1, 0.15) is 0 Å². The zero-order valence-corrected chi connectivity index (χ0v) is 9.59. The van der Waals surface area contributed by atoms with Crippen LogP contribution in [0.25, 0.3) is 0 Å². The van der Waals surface area contributed by atoms with Crippen LogP contribution in [0.1, 0.15) is 33.6 Å². The van der Waals surface area contributed by atoms with E-state index in [9.17, 15) is 8.78 Å². The molecular formula is C11H19F2NO. The van der Waals surface area contributed by atoms with E-state index in [1.807, 2.05) is 25.7 Å². The minimum atomic E-state index is -2.43. The monoisotopic (exact) mass is 219 g/mol. The van der Waals surface area contributed by atoms with Gasteiger partial charge in [-0.3, -0.25) is 4.90 Å². The van der Waals surface area contributed by atoms with E-state index in [1.165, 1.54) is 0 Å². The fraction of sp³-hybridized carbons (Fsp3) is 1.00. The Labute approximate surface area is 89.6 Å². The lowest BCUT2D eigenvalue weighted by atomic mass is 9.85. The Morgan fingerprint density at radius 1 is 1.20 bits per heavy atom. The third-order valence-corrected chi connectivity index (χ3v) is 2.98. The molecule has 4 heteroatoms. The minimum Gasteiger partial charge on any atom is -0.373 e. The van der Waals surface area contributed by atoms with E-state index in [-0.39, 0.29) is 24.8 Å². The summed E-state index contributed by atoms with van der Waals surface area (Å²) in [6, 6.07) is 0.331. The van der Waals surface area contributed by atoms with Gasteiger partial charge in [0.2, 0.25) is 0 Å². The topological polar surface area (TPSA) is 12.5 Å². The van der Waals surface area contributed by atoms with Crippen LogP contribution in [0, 0.1) is 0 Å². The molecule has 2 fully saturated rings. The molecule has 0 aromatic carbocycles. The first-order chi connectivity index (χ1) is 6.75. The van der Waals surface area contributed by atoms with E-state index >= 15 is 0 Å². The van der Waals surface area contributed by atoms with Crippen molar-refractivity contribution in [3.63, 3.8) is 0 Å². The van der Waals surface area contributed by atoms with E-state index in [0.717, 1.165) is 12.8 Å². The van der Waals surface area contributed by atoms with Crippen LogP contribution in [0.4, 0.5) is 8.78 Å². The van der Waals surface area contributed by atoms with Crippen LogP contribution in [0.5, 0.6) is 0 Å². The van der Waals surface area contributed by atoms with Crippen molar-refractivity contribution in [2.75, 3.05) is 13.1 Å². The predicted molar refractivity (Wildman–Crippen MR) is 54.2 cm³/mol. The summed E-state index contributed by atoms with van der Waals surface area (Å²) < 4.78 is 31.0. The molecular weight excluding hydrogens is 200 g/mol. The Morgan fingerprint density at radius 3 is 2.13 bits per heavy atom. The van der Waals surface area contributed by atoms with Gasteiger partial charge in [-0.05, 0) is 33.6 Å². The molecule has 15 heavy (non-hydrogen) atoms. The number of ether oxygens (including phenoxy) is 1. The van der Waals surface area contributed by atoms with Crippen molar-refractivity contribution in [1.82, 2.24) is 4.90 Å². The molecule has 0 radical (unpaired) electrons. The first-order valence-electron chi connectivity index (χ1n) is 5.55. The third-order valence-electron chi connectivity index (χ3n) is 2.98. The van der Waals surface area contributed by atoms with Crippen LogP contribution in [0.3, 0.4) is 0 Å². The van der Waals surface area contributed by atoms with Crippen molar-refractivity contribution in [3.05, 3.63) is 0 Å². The largest absolute Gasteiger partial charge is 0.373 e. The Morgan fingerprint density at radius 2 is 1.73 bits per heavy atom. The first kappa shape index (κ1) is 11.3.